The summed E-state index contributed by atoms with van der Waals surface area (Å²) in [6, 6.07) is -0.802. The summed E-state index contributed by atoms with van der Waals surface area (Å²) in [5.74, 6) is -0.265. The van der Waals surface area contributed by atoms with Crippen LogP contribution in [0.5, 0.6) is 0 Å². The van der Waals surface area contributed by atoms with Crippen LogP contribution in [-0.4, -0.2) is 34.3 Å². The van der Waals surface area contributed by atoms with Gasteiger partial charge in [-0.05, 0) is 13.0 Å². The smallest absolute Gasteiger partial charge is 0.233 e. The van der Waals surface area contributed by atoms with E-state index in [4.69, 9.17) is 5.21 Å². The summed E-state index contributed by atoms with van der Waals surface area (Å²) in [7, 11) is 0. The van der Waals surface area contributed by atoms with E-state index in [-0.39, 0.29) is 23.1 Å². The summed E-state index contributed by atoms with van der Waals surface area (Å²) in [6.45, 7) is 4.67. The zero-order valence-electron chi connectivity index (χ0n) is 10.1. The van der Waals surface area contributed by atoms with Gasteiger partial charge in [0.1, 0.15) is 0 Å². The fourth-order valence-corrected chi connectivity index (χ4v) is 1.33. The molecule has 0 bridgehead atoms. The third kappa shape index (κ3) is 5.64. The second-order valence-corrected chi connectivity index (χ2v) is 3.60. The Bertz CT molecular complexity index is 349. The second-order valence-electron chi connectivity index (χ2n) is 3.60. The van der Waals surface area contributed by atoms with Crippen LogP contribution in [0.1, 0.15) is 27.2 Å². The number of oxime groups is 1. The van der Waals surface area contributed by atoms with Gasteiger partial charge < -0.3 is 10.5 Å². The topological polar surface area (TPSA) is 105 Å². The number of carbonyl (C=O) groups is 1. The number of carbonyl (C=O) groups excluding carboxylic acids is 1. The molecule has 17 heavy (non-hydrogen) atoms. The van der Waals surface area contributed by atoms with Crippen LogP contribution in [0.2, 0.25) is 0 Å². The average molecular weight is 243 g/mol. The van der Waals surface area contributed by atoms with Gasteiger partial charge in [-0.25, -0.2) is 0 Å². The summed E-state index contributed by atoms with van der Waals surface area (Å²) in [4.78, 5) is 21.0. The molecular formula is C10H17N3O4. The number of nitrogens with zero attached hydrogens (tertiary/aromatic N) is 2. The maximum absolute atomic E-state index is 10.7. The highest BCUT2D eigenvalue weighted by Crippen LogP contribution is 2.09. The maximum Gasteiger partial charge on any atom is 0.233 e. The molecule has 96 valence electrons. The fourth-order valence-electron chi connectivity index (χ4n) is 1.33. The van der Waals surface area contributed by atoms with Crippen LogP contribution in [0.25, 0.3) is 0 Å². The van der Waals surface area contributed by atoms with E-state index in [2.05, 4.69) is 10.5 Å². The van der Waals surface area contributed by atoms with Gasteiger partial charge in [-0.1, -0.05) is 12.1 Å². The molecule has 0 aliphatic rings. The molecule has 0 aliphatic carbocycles. The molecule has 0 saturated heterocycles. The molecular weight excluding hydrogens is 226 g/mol. The summed E-state index contributed by atoms with van der Waals surface area (Å²) in [5, 5.41) is 24.8. The lowest BCUT2D eigenvalue weighted by atomic mass is 10.1. The Kier molecular flexibility index (Phi) is 6.54. The van der Waals surface area contributed by atoms with E-state index in [1.165, 1.54) is 13.0 Å². The van der Waals surface area contributed by atoms with Crippen molar-refractivity contribution in [3.63, 3.8) is 0 Å². The maximum atomic E-state index is 10.7. The predicted octanol–water partition coefficient (Wildman–Crippen LogP) is 0.954. The van der Waals surface area contributed by atoms with Crippen LogP contribution in [0.3, 0.4) is 0 Å². The highest BCUT2D eigenvalue weighted by molar-refractivity contribution is 5.98. The number of hydrogen-bond donors (Lipinski definition) is 2. The first-order valence-electron chi connectivity index (χ1n) is 5.19. The van der Waals surface area contributed by atoms with E-state index in [0.29, 0.717) is 12.0 Å². The normalized spacial score (nSPS) is 14.3. The Hall–Kier alpha value is -1.92. The quantitative estimate of drug-likeness (QED) is 0.313. The van der Waals surface area contributed by atoms with Crippen LogP contribution in [0, 0.1) is 10.1 Å². The van der Waals surface area contributed by atoms with Crippen molar-refractivity contribution >= 4 is 11.6 Å². The molecule has 1 amide bonds. The first-order valence-corrected chi connectivity index (χ1v) is 5.19. The van der Waals surface area contributed by atoms with Gasteiger partial charge in [-0.2, -0.15) is 0 Å². The fraction of sp³-hybridized carbons (Fsp3) is 0.600. The molecule has 0 aromatic carbocycles. The zero-order chi connectivity index (χ0) is 13.4. The van der Waals surface area contributed by atoms with Gasteiger partial charge in [-0.15, -0.1) is 0 Å². The van der Waals surface area contributed by atoms with Crippen molar-refractivity contribution in [1.29, 1.82) is 0 Å². The Labute approximate surface area is 99.3 Å². The zero-order valence-corrected chi connectivity index (χ0v) is 10.1. The molecule has 0 aliphatic heterocycles. The van der Waals surface area contributed by atoms with Crippen LogP contribution < -0.4 is 5.32 Å². The number of rotatable bonds is 6. The summed E-state index contributed by atoms with van der Waals surface area (Å²) < 4.78 is 0. The molecule has 0 saturated carbocycles. The van der Waals surface area contributed by atoms with E-state index in [0.717, 1.165) is 0 Å². The molecule has 0 fully saturated rings. The van der Waals surface area contributed by atoms with Crippen molar-refractivity contribution < 1.29 is 14.9 Å². The van der Waals surface area contributed by atoms with Gasteiger partial charge in [0.25, 0.3) is 0 Å². The Morgan fingerprint density at radius 1 is 1.59 bits per heavy atom. The van der Waals surface area contributed by atoms with Crippen molar-refractivity contribution in [2.24, 2.45) is 5.16 Å². The number of hydrogen-bond acceptors (Lipinski definition) is 5. The second kappa shape index (κ2) is 7.37. The first-order chi connectivity index (χ1) is 7.92. The Balaban J connectivity index is 4.72. The van der Waals surface area contributed by atoms with Gasteiger partial charge in [0, 0.05) is 23.8 Å². The third-order valence-corrected chi connectivity index (χ3v) is 2.21. The molecule has 0 aromatic rings. The van der Waals surface area contributed by atoms with Crippen molar-refractivity contribution in [2.45, 2.75) is 33.2 Å². The average Bonchev–Trinajstić information content (AvgIpc) is 2.24. The lowest BCUT2D eigenvalue weighted by molar-refractivity contribution is -0.512. The number of nitro groups is 1. The lowest BCUT2D eigenvalue weighted by Gasteiger charge is -2.08. The van der Waals surface area contributed by atoms with E-state index in [9.17, 15) is 14.9 Å². The van der Waals surface area contributed by atoms with E-state index in [1.54, 1.807) is 13.8 Å². The van der Waals surface area contributed by atoms with Gasteiger partial charge >= 0.3 is 0 Å². The highest BCUT2D eigenvalue weighted by atomic mass is 16.6. The Morgan fingerprint density at radius 3 is 2.53 bits per heavy atom. The van der Waals surface area contributed by atoms with Crippen molar-refractivity contribution in [1.82, 2.24) is 5.32 Å². The minimum absolute atomic E-state index is 0.0390. The van der Waals surface area contributed by atoms with E-state index >= 15 is 0 Å². The molecule has 0 spiro atoms. The molecule has 0 rings (SSSR count). The number of nitrogens with one attached hydrogen (secondary N) is 1. The van der Waals surface area contributed by atoms with Crippen molar-refractivity contribution in [3.05, 3.63) is 21.8 Å². The van der Waals surface area contributed by atoms with Crippen LogP contribution in [0.4, 0.5) is 0 Å². The monoisotopic (exact) mass is 243 g/mol. The molecule has 1 unspecified atom stereocenters. The Morgan fingerprint density at radius 2 is 2.18 bits per heavy atom. The largest absolute Gasteiger partial charge is 0.411 e. The van der Waals surface area contributed by atoms with Crippen molar-refractivity contribution in [2.75, 3.05) is 6.54 Å². The van der Waals surface area contributed by atoms with Crippen LogP contribution in [-0.2, 0) is 4.79 Å². The van der Waals surface area contributed by atoms with Crippen LogP contribution >= 0.6 is 0 Å². The first kappa shape index (κ1) is 15.1. The third-order valence-electron chi connectivity index (χ3n) is 2.21. The minimum atomic E-state index is -0.802. The lowest BCUT2D eigenvalue weighted by Crippen LogP contribution is -2.27. The standard InChI is InChI=1S/C10H17N3O4/c1-4-10(13(16)17)7(2)5-9(12-15)6-11-8(3)14/h5,10,15H,4,6H2,1-3H3,(H,11,14)/b7-5+,12-9+. The molecule has 7 heteroatoms. The summed E-state index contributed by atoms with van der Waals surface area (Å²) in [5.41, 5.74) is 0.661. The number of amides is 1. The van der Waals surface area contributed by atoms with E-state index < -0.39 is 6.04 Å². The van der Waals surface area contributed by atoms with Gasteiger partial charge in [0.05, 0.1) is 12.3 Å². The summed E-state index contributed by atoms with van der Waals surface area (Å²) in [6.07, 6.45) is 1.76. The SMILES string of the molecule is CCC(/C(C)=C/C(CNC(C)=O)=N\O)[N+](=O)[O-]. The molecule has 0 heterocycles. The predicted molar refractivity (Wildman–Crippen MR) is 62.7 cm³/mol. The van der Waals surface area contributed by atoms with Gasteiger partial charge in [0.15, 0.2) is 0 Å². The van der Waals surface area contributed by atoms with Gasteiger partial charge in [0.2, 0.25) is 11.9 Å². The highest BCUT2D eigenvalue weighted by Gasteiger charge is 2.19. The van der Waals surface area contributed by atoms with Gasteiger partial charge in [-0.3, -0.25) is 14.9 Å². The molecule has 7 nitrogen and oxygen atoms in total. The summed E-state index contributed by atoms with van der Waals surface area (Å²) >= 11 is 0. The van der Waals surface area contributed by atoms with E-state index in [1.807, 2.05) is 0 Å². The molecule has 0 radical (unpaired) electrons. The minimum Gasteiger partial charge on any atom is -0.411 e. The molecule has 0 aromatic heterocycles. The molecule has 2 N–H and O–H groups in total. The van der Waals surface area contributed by atoms with Crippen molar-refractivity contribution in [3.8, 4) is 0 Å². The van der Waals surface area contributed by atoms with Crippen LogP contribution in [0.15, 0.2) is 16.8 Å². The molecule has 1 atom stereocenters.